The van der Waals surface area contributed by atoms with Gasteiger partial charge >= 0.3 is 5.97 Å². The molecule has 1 heterocycles. The molecule has 0 unspecified atom stereocenters. The van der Waals surface area contributed by atoms with E-state index in [9.17, 15) is 9.59 Å². The Hall–Kier alpha value is -1.27. The lowest BCUT2D eigenvalue weighted by Crippen LogP contribution is -2.07. The van der Waals surface area contributed by atoms with E-state index in [-0.39, 0.29) is 11.5 Å². The number of hydrogen-bond donors (Lipinski definition) is 0. The monoisotopic (exact) mass is 257 g/mol. The summed E-state index contributed by atoms with van der Waals surface area (Å²) < 4.78 is 9.79. The summed E-state index contributed by atoms with van der Waals surface area (Å²) in [7, 11) is 1.27. The molecular weight excluding hydrogens is 242 g/mol. The first-order valence-electron chi connectivity index (χ1n) is 5.26. The van der Waals surface area contributed by atoms with Crippen LogP contribution in [0.1, 0.15) is 39.0 Å². The van der Waals surface area contributed by atoms with Crippen LogP contribution in [0.15, 0.2) is 0 Å². The minimum absolute atomic E-state index is 0.108. The van der Waals surface area contributed by atoms with Gasteiger partial charge in [-0.1, -0.05) is 0 Å². The van der Waals surface area contributed by atoms with Crippen LogP contribution in [0.4, 0.5) is 0 Å². The van der Waals surface area contributed by atoms with E-state index < -0.39 is 5.97 Å². The van der Waals surface area contributed by atoms with Crippen LogP contribution in [0.2, 0.25) is 0 Å². The number of nitrogens with zero attached hydrogens (tertiary/aromatic N) is 1. The SMILES string of the molecule is CCOCCc1nc(C(=O)OC)c(C(C)=O)s1. The number of aromatic nitrogens is 1. The molecule has 1 aromatic rings. The van der Waals surface area contributed by atoms with Gasteiger partial charge in [0.05, 0.1) is 18.7 Å². The number of hydrogen-bond acceptors (Lipinski definition) is 6. The van der Waals surface area contributed by atoms with Crippen molar-refractivity contribution in [2.45, 2.75) is 20.3 Å². The lowest BCUT2D eigenvalue weighted by atomic mass is 10.3. The second kappa shape index (κ2) is 6.46. The van der Waals surface area contributed by atoms with Crippen LogP contribution in [-0.2, 0) is 15.9 Å². The standard InChI is InChI=1S/C11H15NO4S/c1-4-16-6-5-8-12-9(11(14)15-3)10(17-8)7(2)13/h4-6H2,1-3H3. The van der Waals surface area contributed by atoms with Crippen molar-refractivity contribution in [1.82, 2.24) is 4.98 Å². The molecule has 0 aliphatic carbocycles. The van der Waals surface area contributed by atoms with E-state index in [4.69, 9.17) is 4.74 Å². The molecule has 0 radical (unpaired) electrons. The average molecular weight is 257 g/mol. The van der Waals surface area contributed by atoms with Gasteiger partial charge in [0, 0.05) is 20.0 Å². The Labute approximate surface area is 104 Å². The number of methoxy groups -OCH3 is 1. The van der Waals surface area contributed by atoms with Crippen LogP contribution in [0.5, 0.6) is 0 Å². The van der Waals surface area contributed by atoms with Gasteiger partial charge in [-0.25, -0.2) is 9.78 Å². The third kappa shape index (κ3) is 3.61. The van der Waals surface area contributed by atoms with Crippen molar-refractivity contribution < 1.29 is 19.1 Å². The summed E-state index contributed by atoms with van der Waals surface area (Å²) in [5.74, 6) is -0.750. The van der Waals surface area contributed by atoms with Gasteiger partial charge < -0.3 is 9.47 Å². The van der Waals surface area contributed by atoms with Crippen molar-refractivity contribution in [1.29, 1.82) is 0 Å². The topological polar surface area (TPSA) is 65.5 Å². The molecule has 0 saturated carbocycles. The fraction of sp³-hybridized carbons (Fsp3) is 0.545. The molecule has 0 spiro atoms. The van der Waals surface area contributed by atoms with E-state index in [2.05, 4.69) is 9.72 Å². The fourth-order valence-corrected chi connectivity index (χ4v) is 2.18. The third-order valence-corrected chi connectivity index (χ3v) is 3.25. The van der Waals surface area contributed by atoms with Crippen LogP contribution in [0.25, 0.3) is 0 Å². The molecule has 0 aromatic carbocycles. The lowest BCUT2D eigenvalue weighted by Gasteiger charge is -1.96. The number of carbonyl (C=O) groups excluding carboxylic acids is 2. The second-order valence-electron chi connectivity index (χ2n) is 3.28. The van der Waals surface area contributed by atoms with E-state index in [1.165, 1.54) is 25.4 Å². The Morgan fingerprint density at radius 1 is 1.41 bits per heavy atom. The van der Waals surface area contributed by atoms with Gasteiger partial charge in [-0.2, -0.15) is 0 Å². The molecule has 5 nitrogen and oxygen atoms in total. The predicted molar refractivity (Wildman–Crippen MR) is 63.7 cm³/mol. The number of ether oxygens (including phenoxy) is 2. The number of carbonyl (C=O) groups is 2. The first-order valence-corrected chi connectivity index (χ1v) is 6.08. The zero-order chi connectivity index (χ0) is 12.8. The molecule has 0 aliphatic heterocycles. The van der Waals surface area contributed by atoms with Crippen molar-refractivity contribution >= 4 is 23.1 Å². The van der Waals surface area contributed by atoms with Gasteiger partial charge in [-0.3, -0.25) is 4.79 Å². The molecule has 0 amide bonds. The molecule has 17 heavy (non-hydrogen) atoms. The quantitative estimate of drug-likeness (QED) is 0.441. The van der Waals surface area contributed by atoms with Crippen molar-refractivity contribution in [3.63, 3.8) is 0 Å². The minimum atomic E-state index is -0.575. The summed E-state index contributed by atoms with van der Waals surface area (Å²) in [6, 6.07) is 0. The molecule has 0 aliphatic rings. The molecular formula is C11H15NO4S. The van der Waals surface area contributed by atoms with Gasteiger partial charge in [0.1, 0.15) is 4.88 Å². The highest BCUT2D eigenvalue weighted by molar-refractivity contribution is 7.14. The van der Waals surface area contributed by atoms with E-state index >= 15 is 0 Å². The van der Waals surface area contributed by atoms with Crippen molar-refractivity contribution in [3.8, 4) is 0 Å². The highest BCUT2D eigenvalue weighted by Crippen LogP contribution is 2.20. The van der Waals surface area contributed by atoms with Crippen LogP contribution in [-0.4, -0.2) is 37.1 Å². The third-order valence-electron chi connectivity index (χ3n) is 2.03. The Morgan fingerprint density at radius 2 is 2.12 bits per heavy atom. The van der Waals surface area contributed by atoms with Gasteiger partial charge in [-0.15, -0.1) is 11.3 Å². The molecule has 0 saturated heterocycles. The maximum atomic E-state index is 11.4. The first kappa shape index (κ1) is 13.8. The van der Waals surface area contributed by atoms with Crippen LogP contribution in [0, 0.1) is 0 Å². The highest BCUT2D eigenvalue weighted by atomic mass is 32.1. The summed E-state index contributed by atoms with van der Waals surface area (Å²) in [6.45, 7) is 4.48. The largest absolute Gasteiger partial charge is 0.464 e. The molecule has 0 bridgehead atoms. The second-order valence-corrected chi connectivity index (χ2v) is 4.36. The predicted octanol–water partition coefficient (Wildman–Crippen LogP) is 1.71. The highest BCUT2D eigenvalue weighted by Gasteiger charge is 2.21. The Balaban J connectivity index is 2.88. The van der Waals surface area contributed by atoms with Crippen LogP contribution in [0.3, 0.4) is 0 Å². The molecule has 94 valence electrons. The smallest absolute Gasteiger partial charge is 0.358 e. The van der Waals surface area contributed by atoms with E-state index in [0.29, 0.717) is 29.5 Å². The minimum Gasteiger partial charge on any atom is -0.464 e. The Morgan fingerprint density at radius 3 is 2.65 bits per heavy atom. The van der Waals surface area contributed by atoms with Gasteiger partial charge in [0.2, 0.25) is 0 Å². The van der Waals surface area contributed by atoms with E-state index in [0.717, 1.165) is 0 Å². The number of thiazole rings is 1. The maximum Gasteiger partial charge on any atom is 0.358 e. The maximum absolute atomic E-state index is 11.4. The summed E-state index contributed by atoms with van der Waals surface area (Å²) >= 11 is 1.22. The van der Waals surface area contributed by atoms with Gasteiger partial charge in [0.25, 0.3) is 0 Å². The van der Waals surface area contributed by atoms with E-state index in [1.54, 1.807) is 0 Å². The number of rotatable bonds is 6. The fourth-order valence-electron chi connectivity index (χ4n) is 1.25. The molecule has 1 rings (SSSR count). The van der Waals surface area contributed by atoms with Gasteiger partial charge in [0.15, 0.2) is 11.5 Å². The molecule has 6 heteroatoms. The molecule has 0 atom stereocenters. The Bertz CT molecular complexity index is 414. The van der Waals surface area contributed by atoms with Crippen LogP contribution < -0.4 is 0 Å². The number of esters is 1. The average Bonchev–Trinajstić information content (AvgIpc) is 2.73. The zero-order valence-corrected chi connectivity index (χ0v) is 10.9. The number of Topliss-reactive ketones (excluding diaryl/α,β-unsaturated/α-hetero) is 1. The number of ketones is 1. The van der Waals surface area contributed by atoms with Gasteiger partial charge in [-0.05, 0) is 6.92 Å². The van der Waals surface area contributed by atoms with Crippen molar-refractivity contribution in [2.75, 3.05) is 20.3 Å². The first-order chi connectivity index (χ1) is 8.10. The zero-order valence-electron chi connectivity index (χ0n) is 10.1. The lowest BCUT2D eigenvalue weighted by molar-refractivity contribution is 0.0591. The molecule has 0 N–H and O–H groups in total. The molecule has 1 aromatic heterocycles. The van der Waals surface area contributed by atoms with E-state index in [1.807, 2.05) is 6.92 Å². The Kier molecular flexibility index (Phi) is 5.24. The van der Waals surface area contributed by atoms with Crippen molar-refractivity contribution in [2.24, 2.45) is 0 Å². The molecule has 0 fully saturated rings. The normalized spacial score (nSPS) is 10.3. The summed E-state index contributed by atoms with van der Waals surface area (Å²) in [5.41, 5.74) is 0.108. The summed E-state index contributed by atoms with van der Waals surface area (Å²) in [6.07, 6.45) is 0.593. The summed E-state index contributed by atoms with van der Waals surface area (Å²) in [5, 5.41) is 0.712. The summed E-state index contributed by atoms with van der Waals surface area (Å²) in [4.78, 5) is 27.2. The van der Waals surface area contributed by atoms with Crippen molar-refractivity contribution in [3.05, 3.63) is 15.6 Å². The van der Waals surface area contributed by atoms with Crippen LogP contribution >= 0.6 is 11.3 Å².